The van der Waals surface area contributed by atoms with Gasteiger partial charge in [-0.25, -0.2) is 0 Å². The van der Waals surface area contributed by atoms with Gasteiger partial charge in [0, 0.05) is 44.1 Å². The lowest BCUT2D eigenvalue weighted by Gasteiger charge is -2.43. The number of phenols is 1. The number of amides is 1. The van der Waals surface area contributed by atoms with Crippen LogP contribution in [0, 0.1) is 0 Å². The van der Waals surface area contributed by atoms with Gasteiger partial charge in [0.15, 0.2) is 0 Å². The highest BCUT2D eigenvalue weighted by Crippen LogP contribution is 2.31. The molecule has 2 aliphatic heterocycles. The normalized spacial score (nSPS) is 23.5. The molecule has 1 aromatic carbocycles. The summed E-state index contributed by atoms with van der Waals surface area (Å²) >= 11 is 0. The maximum atomic E-state index is 13.3. The van der Waals surface area contributed by atoms with E-state index < -0.39 is 0 Å². The fourth-order valence-electron chi connectivity index (χ4n) is 3.87. The van der Waals surface area contributed by atoms with E-state index in [2.05, 4.69) is 9.88 Å². The predicted molar refractivity (Wildman–Crippen MR) is 103 cm³/mol. The number of hydrogen-bond donors (Lipinski definition) is 1. The van der Waals surface area contributed by atoms with E-state index in [-0.39, 0.29) is 23.8 Å². The van der Waals surface area contributed by atoms with Crippen LogP contribution in [0.5, 0.6) is 5.75 Å². The van der Waals surface area contributed by atoms with Gasteiger partial charge in [-0.2, -0.15) is 0 Å². The summed E-state index contributed by atoms with van der Waals surface area (Å²) in [6, 6.07) is 10.1. The monoisotopic (exact) mass is 383 g/mol. The molecule has 7 nitrogen and oxygen atoms in total. The van der Waals surface area contributed by atoms with Crippen molar-refractivity contribution >= 4 is 5.91 Å². The third kappa shape index (κ3) is 4.16. The van der Waals surface area contributed by atoms with Gasteiger partial charge in [0.25, 0.3) is 5.91 Å². The van der Waals surface area contributed by atoms with E-state index in [0.717, 1.165) is 38.4 Å². The maximum absolute atomic E-state index is 13.3. The number of morpholine rings is 2. The molecule has 28 heavy (non-hydrogen) atoms. The zero-order chi connectivity index (χ0) is 19.3. The topological polar surface area (TPSA) is 75.1 Å². The Balaban J connectivity index is 1.61. The third-order valence-corrected chi connectivity index (χ3v) is 5.29. The van der Waals surface area contributed by atoms with E-state index in [4.69, 9.17) is 9.47 Å². The molecule has 0 saturated carbocycles. The molecule has 0 radical (unpaired) electrons. The zero-order valence-corrected chi connectivity index (χ0v) is 15.7. The summed E-state index contributed by atoms with van der Waals surface area (Å²) in [6.45, 7) is 4.93. The molecule has 1 amide bonds. The molecule has 1 N–H and O–H groups in total. The lowest BCUT2D eigenvalue weighted by atomic mass is 9.97. The lowest BCUT2D eigenvalue weighted by Crippen LogP contribution is -2.53. The Kier molecular flexibility index (Phi) is 5.85. The van der Waals surface area contributed by atoms with Crippen molar-refractivity contribution < 1.29 is 19.4 Å². The van der Waals surface area contributed by atoms with Crippen LogP contribution in [0.4, 0.5) is 0 Å². The van der Waals surface area contributed by atoms with Crippen molar-refractivity contribution in [1.82, 2.24) is 14.8 Å². The summed E-state index contributed by atoms with van der Waals surface area (Å²) in [7, 11) is 0. The van der Waals surface area contributed by atoms with Crippen molar-refractivity contribution in [1.29, 1.82) is 0 Å². The summed E-state index contributed by atoms with van der Waals surface area (Å²) in [4.78, 5) is 21.7. The SMILES string of the molecule is O=C(c1ccc(O)cc1)N1CCO[C@@H](CN2CCOCC2)[C@@H]1c1cccnc1. The van der Waals surface area contributed by atoms with Crippen molar-refractivity contribution in [3.63, 3.8) is 0 Å². The molecule has 0 aliphatic carbocycles. The molecule has 1 aromatic heterocycles. The summed E-state index contributed by atoms with van der Waals surface area (Å²) in [5, 5.41) is 9.53. The van der Waals surface area contributed by atoms with E-state index in [1.165, 1.54) is 12.1 Å². The predicted octanol–water partition coefficient (Wildman–Crippen LogP) is 1.70. The second-order valence-corrected chi connectivity index (χ2v) is 7.10. The molecule has 0 spiro atoms. The highest BCUT2D eigenvalue weighted by atomic mass is 16.5. The van der Waals surface area contributed by atoms with Crippen LogP contribution in [-0.2, 0) is 9.47 Å². The largest absolute Gasteiger partial charge is 0.508 e. The minimum atomic E-state index is -0.216. The van der Waals surface area contributed by atoms with Gasteiger partial charge < -0.3 is 19.5 Å². The molecule has 7 heteroatoms. The number of benzene rings is 1. The van der Waals surface area contributed by atoms with Crippen molar-refractivity contribution in [2.45, 2.75) is 12.1 Å². The van der Waals surface area contributed by atoms with Crippen molar-refractivity contribution in [2.24, 2.45) is 0 Å². The zero-order valence-electron chi connectivity index (χ0n) is 15.7. The number of aromatic nitrogens is 1. The Morgan fingerprint density at radius 2 is 1.89 bits per heavy atom. The number of nitrogens with zero attached hydrogens (tertiary/aromatic N) is 3. The first-order valence-electron chi connectivity index (χ1n) is 9.64. The molecule has 0 unspecified atom stereocenters. The summed E-state index contributed by atoms with van der Waals surface area (Å²) in [5.41, 5.74) is 1.52. The lowest BCUT2D eigenvalue weighted by molar-refractivity contribution is -0.0819. The molecule has 2 aliphatic rings. The minimum absolute atomic E-state index is 0.0656. The first-order valence-corrected chi connectivity index (χ1v) is 9.64. The van der Waals surface area contributed by atoms with Crippen molar-refractivity contribution in [2.75, 3.05) is 46.0 Å². The van der Waals surface area contributed by atoms with Crippen LogP contribution >= 0.6 is 0 Å². The Labute approximate surface area is 164 Å². The molecule has 2 aromatic rings. The van der Waals surface area contributed by atoms with Gasteiger partial charge in [0.2, 0.25) is 0 Å². The second-order valence-electron chi connectivity index (χ2n) is 7.10. The van der Waals surface area contributed by atoms with E-state index in [1.54, 1.807) is 18.3 Å². The maximum Gasteiger partial charge on any atom is 0.254 e. The molecule has 2 fully saturated rings. The quantitative estimate of drug-likeness (QED) is 0.866. The number of hydrogen-bond acceptors (Lipinski definition) is 6. The van der Waals surface area contributed by atoms with E-state index in [9.17, 15) is 9.90 Å². The fourth-order valence-corrected chi connectivity index (χ4v) is 3.87. The van der Waals surface area contributed by atoms with Gasteiger partial charge in [-0.3, -0.25) is 14.7 Å². The molecular formula is C21H25N3O4. The third-order valence-electron chi connectivity index (χ3n) is 5.29. The van der Waals surface area contributed by atoms with E-state index in [1.807, 2.05) is 23.2 Å². The Hall–Kier alpha value is -2.48. The number of carbonyl (C=O) groups is 1. The Morgan fingerprint density at radius 1 is 1.11 bits per heavy atom. The van der Waals surface area contributed by atoms with Gasteiger partial charge >= 0.3 is 0 Å². The fraction of sp³-hybridized carbons (Fsp3) is 0.429. The first-order chi connectivity index (χ1) is 13.7. The highest BCUT2D eigenvalue weighted by Gasteiger charge is 2.38. The van der Waals surface area contributed by atoms with Gasteiger partial charge in [0.1, 0.15) is 5.75 Å². The number of carbonyl (C=O) groups excluding carboxylic acids is 1. The summed E-state index contributed by atoms with van der Waals surface area (Å²) < 4.78 is 11.6. The number of aromatic hydroxyl groups is 1. The van der Waals surface area contributed by atoms with Gasteiger partial charge in [-0.1, -0.05) is 6.07 Å². The van der Waals surface area contributed by atoms with Crippen LogP contribution < -0.4 is 0 Å². The van der Waals surface area contributed by atoms with E-state index in [0.29, 0.717) is 18.7 Å². The van der Waals surface area contributed by atoms with Gasteiger partial charge in [-0.15, -0.1) is 0 Å². The average Bonchev–Trinajstić information content (AvgIpc) is 2.75. The standard InChI is InChI=1S/C21H25N3O4/c25-18-5-3-16(4-6-18)21(26)24-10-13-28-19(15-23-8-11-27-12-9-23)20(24)17-2-1-7-22-14-17/h1-7,14,19-20,25H,8-13,15H2/t19-,20-/m0/s1. The number of pyridine rings is 1. The highest BCUT2D eigenvalue weighted by molar-refractivity contribution is 5.94. The number of rotatable bonds is 4. The smallest absolute Gasteiger partial charge is 0.254 e. The summed E-state index contributed by atoms with van der Waals surface area (Å²) in [5.74, 6) is 0.0802. The molecule has 2 atom stereocenters. The van der Waals surface area contributed by atoms with Crippen LogP contribution in [0.3, 0.4) is 0 Å². The molecular weight excluding hydrogens is 358 g/mol. The average molecular weight is 383 g/mol. The second kappa shape index (κ2) is 8.68. The van der Waals surface area contributed by atoms with Crippen LogP contribution in [0.1, 0.15) is 22.0 Å². The van der Waals surface area contributed by atoms with Gasteiger partial charge in [-0.05, 0) is 35.9 Å². The van der Waals surface area contributed by atoms with Crippen LogP contribution in [0.15, 0.2) is 48.8 Å². The Morgan fingerprint density at radius 3 is 2.61 bits per heavy atom. The minimum Gasteiger partial charge on any atom is -0.508 e. The van der Waals surface area contributed by atoms with Crippen molar-refractivity contribution in [3.8, 4) is 5.75 Å². The van der Waals surface area contributed by atoms with Crippen LogP contribution in [0.2, 0.25) is 0 Å². The first kappa shape index (κ1) is 18.9. The van der Waals surface area contributed by atoms with Crippen molar-refractivity contribution in [3.05, 3.63) is 59.9 Å². The Bertz CT molecular complexity index is 778. The van der Waals surface area contributed by atoms with E-state index >= 15 is 0 Å². The molecule has 4 rings (SSSR count). The molecule has 0 bridgehead atoms. The number of phenolic OH excluding ortho intramolecular Hbond substituents is 1. The summed E-state index contributed by atoms with van der Waals surface area (Å²) in [6.07, 6.45) is 3.40. The van der Waals surface area contributed by atoms with Crippen LogP contribution in [0.25, 0.3) is 0 Å². The molecule has 3 heterocycles. The van der Waals surface area contributed by atoms with Crippen LogP contribution in [-0.4, -0.2) is 77.9 Å². The molecule has 2 saturated heterocycles. The van der Waals surface area contributed by atoms with Gasteiger partial charge in [0.05, 0.1) is 32.0 Å². The molecule has 148 valence electrons. The number of ether oxygens (including phenoxy) is 2.